The summed E-state index contributed by atoms with van der Waals surface area (Å²) >= 11 is 0. The van der Waals surface area contributed by atoms with Gasteiger partial charge in [0.2, 0.25) is 5.91 Å². The summed E-state index contributed by atoms with van der Waals surface area (Å²) in [7, 11) is 3.73. The van der Waals surface area contributed by atoms with Crippen LogP contribution in [0.5, 0.6) is 0 Å². The maximum Gasteiger partial charge on any atom is 0.242 e. The Labute approximate surface area is 166 Å². The third-order valence-corrected chi connectivity index (χ3v) is 5.82. The fourth-order valence-corrected chi connectivity index (χ4v) is 4.62. The van der Waals surface area contributed by atoms with E-state index < -0.39 is 0 Å². The molecular formula is C24H26N2O2. The number of carbonyl (C=O) groups excluding carboxylic acids is 2. The van der Waals surface area contributed by atoms with Crippen LogP contribution in [0, 0.1) is 6.92 Å². The Morgan fingerprint density at radius 3 is 2.29 bits per heavy atom. The Balaban J connectivity index is 1.82. The van der Waals surface area contributed by atoms with Crippen LogP contribution in [0.2, 0.25) is 0 Å². The van der Waals surface area contributed by atoms with Gasteiger partial charge in [-0.25, -0.2) is 10.0 Å². The molecule has 2 aliphatic rings. The average Bonchev–Trinajstić information content (AvgIpc) is 2.67. The summed E-state index contributed by atoms with van der Waals surface area (Å²) < 4.78 is 0. The number of benzene rings is 2. The number of hydrogen-bond donors (Lipinski definition) is 0. The standard InChI is InChI=1S/C24H26N2O2/c1-16-8-7-11-18(12-16)20-15-23(28)26(25(2)3)21-13-19(14-22(27)24(20)21)17-9-5-4-6-10-17/h4-12,19-20H,13-15H2,1-3H3/t19-,20-/m0/s1. The fourth-order valence-electron chi connectivity index (χ4n) is 4.62. The van der Waals surface area contributed by atoms with Crippen LogP contribution in [0.4, 0.5) is 0 Å². The normalized spacial score (nSPS) is 22.6. The quantitative estimate of drug-likeness (QED) is 0.809. The number of hydrazine groups is 1. The van der Waals surface area contributed by atoms with Gasteiger partial charge in [-0.2, -0.15) is 0 Å². The van der Waals surface area contributed by atoms with Crippen LogP contribution >= 0.6 is 0 Å². The van der Waals surface area contributed by atoms with Crippen LogP contribution in [0.1, 0.15) is 47.8 Å². The van der Waals surface area contributed by atoms with E-state index in [0.29, 0.717) is 19.3 Å². The van der Waals surface area contributed by atoms with Crippen molar-refractivity contribution in [2.75, 3.05) is 14.1 Å². The van der Waals surface area contributed by atoms with Crippen molar-refractivity contribution < 1.29 is 9.59 Å². The molecule has 0 spiro atoms. The highest BCUT2D eigenvalue weighted by Gasteiger charge is 2.42. The van der Waals surface area contributed by atoms with E-state index in [4.69, 9.17) is 0 Å². The zero-order valence-electron chi connectivity index (χ0n) is 16.7. The van der Waals surface area contributed by atoms with Gasteiger partial charge in [0.1, 0.15) is 0 Å². The zero-order valence-corrected chi connectivity index (χ0v) is 16.7. The first-order valence-corrected chi connectivity index (χ1v) is 9.83. The lowest BCUT2D eigenvalue weighted by atomic mass is 9.73. The number of rotatable bonds is 3. The Bertz CT molecular complexity index is 946. The van der Waals surface area contributed by atoms with Crippen molar-refractivity contribution in [1.82, 2.24) is 10.0 Å². The summed E-state index contributed by atoms with van der Waals surface area (Å²) in [6.45, 7) is 2.05. The Kier molecular flexibility index (Phi) is 4.90. The predicted octanol–water partition coefficient (Wildman–Crippen LogP) is 4.19. The van der Waals surface area contributed by atoms with Crippen LogP contribution in [0.25, 0.3) is 0 Å². The van der Waals surface area contributed by atoms with Crippen molar-refractivity contribution in [2.24, 2.45) is 0 Å². The smallest absolute Gasteiger partial charge is 0.242 e. The highest BCUT2D eigenvalue weighted by atomic mass is 16.2. The van der Waals surface area contributed by atoms with Crippen LogP contribution in [-0.4, -0.2) is 35.8 Å². The molecule has 2 aromatic carbocycles. The van der Waals surface area contributed by atoms with Gasteiger partial charge in [0.05, 0.1) is 0 Å². The lowest BCUT2D eigenvalue weighted by Gasteiger charge is -2.42. The van der Waals surface area contributed by atoms with Crippen molar-refractivity contribution in [3.8, 4) is 0 Å². The molecule has 4 heteroatoms. The van der Waals surface area contributed by atoms with Gasteiger partial charge in [-0.15, -0.1) is 0 Å². The molecule has 4 rings (SSSR count). The molecule has 144 valence electrons. The number of hydrogen-bond acceptors (Lipinski definition) is 3. The summed E-state index contributed by atoms with van der Waals surface area (Å²) in [6, 6.07) is 18.4. The predicted molar refractivity (Wildman–Crippen MR) is 110 cm³/mol. The molecule has 0 saturated carbocycles. The molecule has 2 aromatic rings. The van der Waals surface area contributed by atoms with E-state index in [1.54, 1.807) is 5.01 Å². The number of amides is 1. The number of aryl methyl sites for hydroxylation is 1. The highest BCUT2D eigenvalue weighted by molar-refractivity contribution is 6.02. The van der Waals surface area contributed by atoms with Crippen LogP contribution in [-0.2, 0) is 9.59 Å². The molecule has 0 fully saturated rings. The van der Waals surface area contributed by atoms with Crippen LogP contribution in [0.15, 0.2) is 65.9 Å². The lowest BCUT2D eigenvalue weighted by Crippen LogP contribution is -2.47. The van der Waals surface area contributed by atoms with Gasteiger partial charge < -0.3 is 0 Å². The summed E-state index contributed by atoms with van der Waals surface area (Å²) in [5, 5.41) is 3.53. The third kappa shape index (κ3) is 3.29. The Morgan fingerprint density at radius 1 is 0.893 bits per heavy atom. The summed E-state index contributed by atoms with van der Waals surface area (Å²) in [4.78, 5) is 26.4. The molecule has 0 unspecified atom stereocenters. The molecule has 28 heavy (non-hydrogen) atoms. The lowest BCUT2D eigenvalue weighted by molar-refractivity contribution is -0.143. The molecule has 0 saturated heterocycles. The first-order chi connectivity index (χ1) is 13.5. The van der Waals surface area contributed by atoms with E-state index in [0.717, 1.165) is 28.0 Å². The van der Waals surface area contributed by atoms with Gasteiger partial charge in [-0.1, -0.05) is 60.2 Å². The largest absolute Gasteiger partial charge is 0.294 e. The van der Waals surface area contributed by atoms with Crippen molar-refractivity contribution in [3.05, 3.63) is 82.6 Å². The van der Waals surface area contributed by atoms with Gasteiger partial charge in [0.15, 0.2) is 5.78 Å². The first kappa shape index (κ1) is 18.6. The van der Waals surface area contributed by atoms with E-state index in [1.807, 2.05) is 62.4 Å². The van der Waals surface area contributed by atoms with Crippen LogP contribution in [0.3, 0.4) is 0 Å². The Hall–Kier alpha value is -2.72. The number of nitrogens with zero attached hydrogens (tertiary/aromatic N) is 2. The van der Waals surface area contributed by atoms with Gasteiger partial charge in [-0.05, 0) is 30.4 Å². The topological polar surface area (TPSA) is 40.6 Å². The molecule has 0 radical (unpaired) electrons. The minimum absolute atomic E-state index is 0.0526. The minimum Gasteiger partial charge on any atom is -0.294 e. The van der Waals surface area contributed by atoms with E-state index in [1.165, 1.54) is 0 Å². The number of allylic oxidation sites excluding steroid dienone is 2. The number of Topliss-reactive ketones (excluding diaryl/α,β-unsaturated/α-hetero) is 1. The van der Waals surface area contributed by atoms with Gasteiger partial charge in [0.25, 0.3) is 0 Å². The van der Waals surface area contributed by atoms with Gasteiger partial charge in [-0.3, -0.25) is 9.59 Å². The molecule has 1 aliphatic carbocycles. The molecule has 0 aromatic heterocycles. The summed E-state index contributed by atoms with van der Waals surface area (Å²) in [5.74, 6) is 0.180. The van der Waals surface area contributed by atoms with E-state index >= 15 is 0 Å². The second-order valence-electron chi connectivity index (χ2n) is 8.02. The molecular weight excluding hydrogens is 348 g/mol. The Morgan fingerprint density at radius 2 is 1.61 bits per heavy atom. The van der Waals surface area contributed by atoms with Crippen molar-refractivity contribution in [1.29, 1.82) is 0 Å². The number of ketones is 1. The molecule has 0 N–H and O–H groups in total. The second-order valence-corrected chi connectivity index (χ2v) is 8.02. The monoisotopic (exact) mass is 374 g/mol. The molecule has 0 bridgehead atoms. The second kappa shape index (κ2) is 7.36. The molecule has 1 aliphatic heterocycles. The maximum atomic E-state index is 13.3. The minimum atomic E-state index is -0.150. The van der Waals surface area contributed by atoms with E-state index in [9.17, 15) is 9.59 Å². The maximum absolute atomic E-state index is 13.3. The molecule has 2 atom stereocenters. The van der Waals surface area contributed by atoms with Gasteiger partial charge >= 0.3 is 0 Å². The van der Waals surface area contributed by atoms with Crippen molar-refractivity contribution in [3.63, 3.8) is 0 Å². The highest BCUT2D eigenvalue weighted by Crippen LogP contribution is 2.45. The van der Waals surface area contributed by atoms with E-state index in [2.05, 4.69) is 18.2 Å². The van der Waals surface area contributed by atoms with Crippen molar-refractivity contribution >= 4 is 11.7 Å². The van der Waals surface area contributed by atoms with Crippen LogP contribution < -0.4 is 0 Å². The molecule has 4 nitrogen and oxygen atoms in total. The molecule has 1 heterocycles. The zero-order chi connectivity index (χ0) is 19.8. The fraction of sp³-hybridized carbons (Fsp3) is 0.333. The number of carbonyl (C=O) groups is 2. The van der Waals surface area contributed by atoms with Crippen molar-refractivity contribution in [2.45, 2.75) is 38.0 Å². The third-order valence-electron chi connectivity index (χ3n) is 5.82. The molecule has 1 amide bonds. The summed E-state index contributed by atoms with van der Waals surface area (Å²) in [6.07, 6.45) is 1.54. The summed E-state index contributed by atoms with van der Waals surface area (Å²) in [5.41, 5.74) is 5.06. The SMILES string of the molecule is Cc1cccc([C@@H]2CC(=O)N(N(C)C)C3=C2C(=O)C[C@@H](c2ccccc2)C3)c1. The first-order valence-electron chi connectivity index (χ1n) is 9.83. The van der Waals surface area contributed by atoms with Gasteiger partial charge in [0, 0.05) is 44.1 Å². The van der Waals surface area contributed by atoms with E-state index in [-0.39, 0.29) is 23.5 Å². The average molecular weight is 374 g/mol.